The van der Waals surface area contributed by atoms with Gasteiger partial charge in [-0.15, -0.1) is 11.3 Å². The van der Waals surface area contributed by atoms with Crippen LogP contribution in [-0.2, 0) is 12.8 Å². The Labute approximate surface area is 132 Å². The van der Waals surface area contributed by atoms with Crippen molar-refractivity contribution in [1.29, 1.82) is 0 Å². The fraction of sp³-hybridized carbons (Fsp3) is 0.375. The largest absolute Gasteiger partial charge is 0.317 e. The van der Waals surface area contributed by atoms with Crippen molar-refractivity contribution in [2.45, 2.75) is 31.7 Å². The van der Waals surface area contributed by atoms with E-state index in [1.807, 2.05) is 18.4 Å². The van der Waals surface area contributed by atoms with E-state index in [0.29, 0.717) is 6.04 Å². The standard InChI is InChI=1S/C16H19BrFNS/c1-19-14(4-2-5-15-6-3-9-20-15)11-12-10-13(18)7-8-16(12)17/h3,6-10,14,19H,2,4-5,11H2,1H3. The number of benzene rings is 1. The molecule has 108 valence electrons. The van der Waals surface area contributed by atoms with E-state index in [4.69, 9.17) is 0 Å². The Bertz CT molecular complexity index is 527. The molecule has 20 heavy (non-hydrogen) atoms. The maximum Gasteiger partial charge on any atom is 0.123 e. The van der Waals surface area contributed by atoms with Crippen LogP contribution in [0.4, 0.5) is 4.39 Å². The highest BCUT2D eigenvalue weighted by atomic mass is 79.9. The summed E-state index contributed by atoms with van der Waals surface area (Å²) in [5.41, 5.74) is 1.03. The van der Waals surface area contributed by atoms with Gasteiger partial charge in [0, 0.05) is 15.4 Å². The van der Waals surface area contributed by atoms with Crippen molar-refractivity contribution in [1.82, 2.24) is 5.32 Å². The minimum absolute atomic E-state index is 0.170. The van der Waals surface area contributed by atoms with Gasteiger partial charge in [-0.2, -0.15) is 0 Å². The maximum absolute atomic E-state index is 13.3. The third kappa shape index (κ3) is 4.69. The molecule has 1 aromatic carbocycles. The smallest absolute Gasteiger partial charge is 0.123 e. The van der Waals surface area contributed by atoms with Crippen LogP contribution < -0.4 is 5.32 Å². The van der Waals surface area contributed by atoms with E-state index >= 15 is 0 Å². The molecule has 1 N–H and O–H groups in total. The summed E-state index contributed by atoms with van der Waals surface area (Å²) in [6.07, 6.45) is 4.22. The topological polar surface area (TPSA) is 12.0 Å². The average molecular weight is 356 g/mol. The van der Waals surface area contributed by atoms with E-state index in [0.717, 1.165) is 35.7 Å². The second-order valence-corrected chi connectivity index (χ2v) is 6.78. The normalized spacial score (nSPS) is 12.6. The number of hydrogen-bond acceptors (Lipinski definition) is 2. The molecule has 1 heterocycles. The molecule has 0 aliphatic heterocycles. The molecule has 0 saturated heterocycles. The van der Waals surface area contributed by atoms with Gasteiger partial charge in [-0.1, -0.05) is 22.0 Å². The van der Waals surface area contributed by atoms with E-state index in [1.165, 1.54) is 10.9 Å². The fourth-order valence-electron chi connectivity index (χ4n) is 2.29. The van der Waals surface area contributed by atoms with Gasteiger partial charge in [-0.3, -0.25) is 0 Å². The highest BCUT2D eigenvalue weighted by molar-refractivity contribution is 9.10. The number of hydrogen-bond donors (Lipinski definition) is 1. The monoisotopic (exact) mass is 355 g/mol. The number of likely N-dealkylation sites (N-methyl/N-ethyl adjacent to an activating group) is 1. The number of aryl methyl sites for hydroxylation is 1. The van der Waals surface area contributed by atoms with Gasteiger partial charge in [-0.25, -0.2) is 4.39 Å². The first-order chi connectivity index (χ1) is 9.69. The molecule has 4 heteroatoms. The van der Waals surface area contributed by atoms with Gasteiger partial charge in [0.15, 0.2) is 0 Å². The molecule has 2 aromatic rings. The van der Waals surface area contributed by atoms with Gasteiger partial charge in [0.1, 0.15) is 5.82 Å². The van der Waals surface area contributed by atoms with Crippen molar-refractivity contribution < 1.29 is 4.39 Å². The van der Waals surface area contributed by atoms with Gasteiger partial charge in [0.05, 0.1) is 0 Å². The molecule has 0 aliphatic carbocycles. The van der Waals surface area contributed by atoms with E-state index < -0.39 is 0 Å². The number of thiophene rings is 1. The van der Waals surface area contributed by atoms with Crippen LogP contribution in [-0.4, -0.2) is 13.1 Å². The van der Waals surface area contributed by atoms with Gasteiger partial charge < -0.3 is 5.32 Å². The lowest BCUT2D eigenvalue weighted by atomic mass is 10.0. The molecule has 1 nitrogen and oxygen atoms in total. The molecular formula is C16H19BrFNS. The van der Waals surface area contributed by atoms with E-state index in [1.54, 1.807) is 12.1 Å². The second-order valence-electron chi connectivity index (χ2n) is 4.90. The average Bonchev–Trinajstić information content (AvgIpc) is 2.94. The first-order valence-corrected chi connectivity index (χ1v) is 8.50. The molecule has 1 atom stereocenters. The van der Waals surface area contributed by atoms with Gasteiger partial charge >= 0.3 is 0 Å². The van der Waals surface area contributed by atoms with Crippen molar-refractivity contribution in [3.63, 3.8) is 0 Å². The summed E-state index contributed by atoms with van der Waals surface area (Å²) in [5.74, 6) is -0.170. The maximum atomic E-state index is 13.3. The Morgan fingerprint density at radius 2 is 2.20 bits per heavy atom. The van der Waals surface area contributed by atoms with Crippen molar-refractivity contribution in [2.75, 3.05) is 7.05 Å². The lowest BCUT2D eigenvalue weighted by molar-refractivity contribution is 0.500. The lowest BCUT2D eigenvalue weighted by Crippen LogP contribution is -2.27. The lowest BCUT2D eigenvalue weighted by Gasteiger charge is -2.17. The Balaban J connectivity index is 1.86. The van der Waals surface area contributed by atoms with Gasteiger partial charge in [0.2, 0.25) is 0 Å². The molecule has 0 radical (unpaired) electrons. The van der Waals surface area contributed by atoms with Crippen LogP contribution >= 0.6 is 27.3 Å². The van der Waals surface area contributed by atoms with Crippen molar-refractivity contribution in [2.24, 2.45) is 0 Å². The van der Waals surface area contributed by atoms with Gasteiger partial charge in [0.25, 0.3) is 0 Å². The third-order valence-corrected chi connectivity index (χ3v) is 5.15. The molecule has 1 unspecified atom stereocenters. The minimum Gasteiger partial charge on any atom is -0.317 e. The first kappa shape index (κ1) is 15.7. The van der Waals surface area contributed by atoms with E-state index in [2.05, 4.69) is 38.8 Å². The summed E-state index contributed by atoms with van der Waals surface area (Å²) >= 11 is 5.31. The predicted octanol–water partition coefficient (Wildman–Crippen LogP) is 4.80. The Kier molecular flexibility index (Phi) is 6.20. The number of rotatable bonds is 7. The zero-order valence-corrected chi connectivity index (χ0v) is 13.9. The Morgan fingerprint density at radius 3 is 2.90 bits per heavy atom. The highest BCUT2D eigenvalue weighted by Crippen LogP contribution is 2.21. The van der Waals surface area contributed by atoms with Crippen molar-refractivity contribution >= 4 is 27.3 Å². The second kappa shape index (κ2) is 7.91. The van der Waals surface area contributed by atoms with Crippen LogP contribution in [0.15, 0.2) is 40.2 Å². The zero-order chi connectivity index (χ0) is 14.4. The quantitative estimate of drug-likeness (QED) is 0.751. The first-order valence-electron chi connectivity index (χ1n) is 6.82. The molecule has 0 saturated carbocycles. The van der Waals surface area contributed by atoms with Crippen LogP contribution in [0.2, 0.25) is 0 Å². The Hall–Kier alpha value is -0.710. The van der Waals surface area contributed by atoms with Crippen LogP contribution in [0.25, 0.3) is 0 Å². The molecule has 1 aromatic heterocycles. The predicted molar refractivity (Wildman–Crippen MR) is 87.9 cm³/mol. The molecule has 2 rings (SSSR count). The number of halogens is 2. The number of nitrogens with one attached hydrogen (secondary N) is 1. The molecule has 0 spiro atoms. The SMILES string of the molecule is CNC(CCCc1cccs1)Cc1cc(F)ccc1Br. The zero-order valence-electron chi connectivity index (χ0n) is 11.5. The summed E-state index contributed by atoms with van der Waals surface area (Å²) < 4.78 is 14.3. The minimum atomic E-state index is -0.170. The van der Waals surface area contributed by atoms with Crippen molar-refractivity contribution in [3.8, 4) is 0 Å². The molecule has 0 amide bonds. The molecular weight excluding hydrogens is 337 g/mol. The summed E-state index contributed by atoms with van der Waals surface area (Å²) in [6, 6.07) is 9.55. The van der Waals surface area contributed by atoms with Crippen LogP contribution in [0.1, 0.15) is 23.3 Å². The van der Waals surface area contributed by atoms with Crippen molar-refractivity contribution in [3.05, 3.63) is 56.4 Å². The summed E-state index contributed by atoms with van der Waals surface area (Å²) in [7, 11) is 1.98. The molecule has 0 bridgehead atoms. The Morgan fingerprint density at radius 1 is 1.35 bits per heavy atom. The van der Waals surface area contributed by atoms with Crippen LogP contribution in [0, 0.1) is 5.82 Å². The molecule has 0 fully saturated rings. The van der Waals surface area contributed by atoms with E-state index in [9.17, 15) is 4.39 Å². The van der Waals surface area contributed by atoms with Crippen LogP contribution in [0.5, 0.6) is 0 Å². The fourth-order valence-corrected chi connectivity index (χ4v) is 3.45. The third-order valence-electron chi connectivity index (χ3n) is 3.44. The highest BCUT2D eigenvalue weighted by Gasteiger charge is 2.10. The van der Waals surface area contributed by atoms with E-state index in [-0.39, 0.29) is 5.82 Å². The van der Waals surface area contributed by atoms with Crippen LogP contribution in [0.3, 0.4) is 0 Å². The summed E-state index contributed by atoms with van der Waals surface area (Å²) in [6.45, 7) is 0. The molecule has 0 aliphatic rings. The summed E-state index contributed by atoms with van der Waals surface area (Å²) in [4.78, 5) is 1.44. The van der Waals surface area contributed by atoms with Gasteiger partial charge in [-0.05, 0) is 67.9 Å². The summed E-state index contributed by atoms with van der Waals surface area (Å²) in [5, 5.41) is 5.46.